The zero-order valence-corrected chi connectivity index (χ0v) is 12.4. The molecule has 0 aromatic heterocycles. The van der Waals surface area contributed by atoms with Gasteiger partial charge in [-0.05, 0) is 35.4 Å². The van der Waals surface area contributed by atoms with E-state index in [9.17, 15) is 13.2 Å². The van der Waals surface area contributed by atoms with Gasteiger partial charge >= 0.3 is 6.18 Å². The quantitative estimate of drug-likeness (QED) is 0.849. The van der Waals surface area contributed by atoms with E-state index in [4.69, 9.17) is 10.00 Å². The lowest BCUT2D eigenvalue weighted by Gasteiger charge is -2.19. The number of hydrogen-bond donors (Lipinski definition) is 1. The summed E-state index contributed by atoms with van der Waals surface area (Å²) in [5, 5.41) is 11.8. The second-order valence-electron chi connectivity index (χ2n) is 4.86. The van der Waals surface area contributed by atoms with E-state index < -0.39 is 11.7 Å². The molecule has 0 saturated heterocycles. The summed E-state index contributed by atoms with van der Waals surface area (Å²) in [5.41, 5.74) is 0.786. The Bertz CT molecular complexity index is 673. The Morgan fingerprint density at radius 1 is 1.04 bits per heavy atom. The molecule has 0 bridgehead atoms. The monoisotopic (exact) mass is 320 g/mol. The van der Waals surface area contributed by atoms with E-state index in [0.717, 1.165) is 17.7 Å². The summed E-state index contributed by atoms with van der Waals surface area (Å²) in [6, 6.07) is 13.7. The fourth-order valence-corrected chi connectivity index (χ4v) is 2.24. The molecule has 0 amide bonds. The van der Waals surface area contributed by atoms with Crippen molar-refractivity contribution in [1.29, 1.82) is 5.26 Å². The van der Waals surface area contributed by atoms with Crippen LogP contribution in [0.25, 0.3) is 0 Å². The smallest absolute Gasteiger partial charge is 0.416 e. The number of nitrogens with one attached hydrogen (secondary N) is 1. The maximum Gasteiger partial charge on any atom is 0.416 e. The third-order valence-electron chi connectivity index (χ3n) is 3.41. The molecule has 6 heteroatoms. The first-order valence-corrected chi connectivity index (χ1v) is 6.87. The van der Waals surface area contributed by atoms with Gasteiger partial charge < -0.3 is 4.74 Å². The lowest BCUT2D eigenvalue weighted by atomic mass is 9.97. The molecule has 0 spiro atoms. The zero-order chi connectivity index (χ0) is 16.9. The van der Waals surface area contributed by atoms with Crippen molar-refractivity contribution in [2.75, 3.05) is 13.7 Å². The van der Waals surface area contributed by atoms with E-state index in [1.54, 1.807) is 19.2 Å². The van der Waals surface area contributed by atoms with Crippen LogP contribution in [0.15, 0.2) is 48.5 Å². The first-order chi connectivity index (χ1) is 11.0. The van der Waals surface area contributed by atoms with Crippen LogP contribution in [0.3, 0.4) is 0 Å². The minimum atomic E-state index is -4.37. The van der Waals surface area contributed by atoms with Crippen LogP contribution in [0.2, 0.25) is 0 Å². The van der Waals surface area contributed by atoms with Gasteiger partial charge in [-0.2, -0.15) is 18.4 Å². The van der Waals surface area contributed by atoms with E-state index in [-0.39, 0.29) is 12.6 Å². The molecule has 2 aromatic rings. The van der Waals surface area contributed by atoms with Crippen LogP contribution in [0.1, 0.15) is 22.7 Å². The van der Waals surface area contributed by atoms with Crippen LogP contribution >= 0.6 is 0 Å². The molecule has 0 aliphatic carbocycles. The fraction of sp³-hybridized carbons (Fsp3) is 0.235. The number of nitriles is 1. The number of alkyl halides is 3. The van der Waals surface area contributed by atoms with Gasteiger partial charge in [0, 0.05) is 0 Å². The van der Waals surface area contributed by atoms with Crippen molar-refractivity contribution >= 4 is 0 Å². The topological polar surface area (TPSA) is 45.0 Å². The van der Waals surface area contributed by atoms with Gasteiger partial charge in [-0.25, -0.2) is 0 Å². The number of halogens is 3. The van der Waals surface area contributed by atoms with Gasteiger partial charge in [-0.3, -0.25) is 5.32 Å². The molecule has 0 heterocycles. The average Bonchev–Trinajstić information content (AvgIpc) is 2.55. The molecular formula is C17H15F3N2O. The Kier molecular flexibility index (Phi) is 5.24. The number of hydrogen-bond acceptors (Lipinski definition) is 3. The largest absolute Gasteiger partial charge is 0.497 e. The Balaban J connectivity index is 2.32. The first kappa shape index (κ1) is 16.8. The molecule has 1 N–H and O–H groups in total. The van der Waals surface area contributed by atoms with Gasteiger partial charge in [0.15, 0.2) is 0 Å². The maximum atomic E-state index is 12.7. The van der Waals surface area contributed by atoms with Gasteiger partial charge in [-0.15, -0.1) is 0 Å². The van der Waals surface area contributed by atoms with Gasteiger partial charge in [-0.1, -0.05) is 24.3 Å². The van der Waals surface area contributed by atoms with Gasteiger partial charge in [0.25, 0.3) is 0 Å². The molecule has 1 atom stereocenters. The summed E-state index contributed by atoms with van der Waals surface area (Å²) < 4.78 is 43.1. The molecule has 23 heavy (non-hydrogen) atoms. The molecule has 120 valence electrons. The van der Waals surface area contributed by atoms with E-state index in [2.05, 4.69) is 5.32 Å². The number of methoxy groups -OCH3 is 1. The van der Waals surface area contributed by atoms with E-state index in [1.165, 1.54) is 12.1 Å². The Morgan fingerprint density at radius 3 is 2.00 bits per heavy atom. The minimum Gasteiger partial charge on any atom is -0.497 e. The molecule has 0 unspecified atom stereocenters. The van der Waals surface area contributed by atoms with Crippen molar-refractivity contribution in [1.82, 2.24) is 5.32 Å². The summed E-state index contributed by atoms with van der Waals surface area (Å²) >= 11 is 0. The third-order valence-corrected chi connectivity index (χ3v) is 3.41. The number of benzene rings is 2. The van der Waals surface area contributed by atoms with E-state index in [1.807, 2.05) is 18.2 Å². The zero-order valence-electron chi connectivity index (χ0n) is 12.4. The van der Waals surface area contributed by atoms with E-state index in [0.29, 0.717) is 11.3 Å². The van der Waals surface area contributed by atoms with Crippen molar-refractivity contribution in [2.45, 2.75) is 12.2 Å². The van der Waals surface area contributed by atoms with Crippen molar-refractivity contribution < 1.29 is 17.9 Å². The number of ether oxygens (including phenoxy) is 1. The second-order valence-corrected chi connectivity index (χ2v) is 4.86. The van der Waals surface area contributed by atoms with Crippen LogP contribution in [0, 0.1) is 11.3 Å². The maximum absolute atomic E-state index is 12.7. The summed E-state index contributed by atoms with van der Waals surface area (Å²) in [4.78, 5) is 0. The normalized spacial score (nSPS) is 12.5. The lowest BCUT2D eigenvalue weighted by molar-refractivity contribution is -0.137. The van der Waals surface area contributed by atoms with Crippen LogP contribution in [0.4, 0.5) is 13.2 Å². The van der Waals surface area contributed by atoms with Crippen molar-refractivity contribution in [2.24, 2.45) is 0 Å². The minimum absolute atomic E-state index is 0.0811. The molecule has 0 aliphatic heterocycles. The number of nitrogens with zero attached hydrogens (tertiary/aromatic N) is 1. The third kappa shape index (κ3) is 4.24. The fourth-order valence-electron chi connectivity index (χ4n) is 2.24. The summed E-state index contributed by atoms with van der Waals surface area (Å²) in [6.07, 6.45) is -4.37. The highest BCUT2D eigenvalue weighted by Gasteiger charge is 2.30. The lowest BCUT2D eigenvalue weighted by Crippen LogP contribution is -2.22. The van der Waals surface area contributed by atoms with E-state index >= 15 is 0 Å². The Hall–Kier alpha value is -2.52. The highest BCUT2D eigenvalue weighted by Crippen LogP contribution is 2.31. The molecule has 0 fully saturated rings. The van der Waals surface area contributed by atoms with Crippen molar-refractivity contribution in [3.63, 3.8) is 0 Å². The average molecular weight is 320 g/mol. The van der Waals surface area contributed by atoms with Gasteiger partial charge in [0.1, 0.15) is 5.75 Å². The molecule has 0 saturated carbocycles. The van der Waals surface area contributed by atoms with Crippen molar-refractivity contribution in [3.05, 3.63) is 65.2 Å². The standard InChI is InChI=1S/C17H15F3N2O/c1-23-15-8-4-13(5-9-15)16(22-11-10-21)12-2-6-14(7-3-12)17(18,19)20/h2-9,16,22H,11H2,1H3/t16-/m1/s1. The highest BCUT2D eigenvalue weighted by molar-refractivity contribution is 5.37. The van der Waals surface area contributed by atoms with Gasteiger partial charge in [0.05, 0.1) is 31.3 Å². The second kappa shape index (κ2) is 7.16. The number of rotatable bonds is 5. The summed E-state index contributed by atoms with van der Waals surface area (Å²) in [5.74, 6) is 0.681. The molecule has 3 nitrogen and oxygen atoms in total. The van der Waals surface area contributed by atoms with Gasteiger partial charge in [0.2, 0.25) is 0 Å². The highest BCUT2D eigenvalue weighted by atomic mass is 19.4. The Morgan fingerprint density at radius 2 is 1.57 bits per heavy atom. The van der Waals surface area contributed by atoms with Crippen LogP contribution < -0.4 is 10.1 Å². The van der Waals surface area contributed by atoms with Crippen LogP contribution in [-0.4, -0.2) is 13.7 Å². The summed E-state index contributed by atoms with van der Waals surface area (Å²) in [7, 11) is 1.55. The van der Waals surface area contributed by atoms with Crippen LogP contribution in [-0.2, 0) is 6.18 Å². The van der Waals surface area contributed by atoms with Crippen molar-refractivity contribution in [3.8, 4) is 11.8 Å². The predicted octanol–water partition coefficient (Wildman–Crippen LogP) is 3.92. The SMILES string of the molecule is COc1ccc([C@H](NCC#N)c2ccc(C(F)(F)F)cc2)cc1. The summed E-state index contributed by atoms with van der Waals surface area (Å²) in [6.45, 7) is 0.0811. The van der Waals surface area contributed by atoms with Crippen LogP contribution in [0.5, 0.6) is 5.75 Å². The predicted molar refractivity (Wildman–Crippen MR) is 79.9 cm³/mol. The molecule has 2 aromatic carbocycles. The molecule has 2 rings (SSSR count). The Labute approximate surface area is 132 Å². The molecular weight excluding hydrogens is 305 g/mol. The molecule has 0 aliphatic rings. The first-order valence-electron chi connectivity index (χ1n) is 6.87. The molecule has 0 radical (unpaired) electrons.